The van der Waals surface area contributed by atoms with Crippen LogP contribution >= 0.6 is 15.6 Å². The lowest BCUT2D eigenvalue weighted by Gasteiger charge is -2.21. The summed E-state index contributed by atoms with van der Waals surface area (Å²) in [6, 6.07) is 0. The van der Waals surface area contributed by atoms with Gasteiger partial charge in [0.15, 0.2) is 6.10 Å². The summed E-state index contributed by atoms with van der Waals surface area (Å²) in [7, 11) is -9.82. The van der Waals surface area contributed by atoms with Crippen LogP contribution in [0.25, 0.3) is 0 Å². The van der Waals surface area contributed by atoms with E-state index in [-0.39, 0.29) is 19.3 Å². The topological polar surface area (TPSA) is 231 Å². The number of ether oxygens (including phenoxy) is 3. The number of hydrogen-bond acceptors (Lipinski definition) is 14. The highest BCUT2D eigenvalue weighted by atomic mass is 31.2. The number of carbonyl (C=O) groups is 3. The smallest absolute Gasteiger partial charge is 0.463 e. The second kappa shape index (κ2) is 93.8. The van der Waals surface area contributed by atoms with Crippen molar-refractivity contribution < 1.29 is 75.8 Å². The van der Waals surface area contributed by atoms with Crippen LogP contribution in [0.1, 0.15) is 393 Å². The summed E-state index contributed by atoms with van der Waals surface area (Å²) < 4.78 is 61.5. The summed E-state index contributed by atoms with van der Waals surface area (Å²) in [5, 5.41) is 20.8. The van der Waals surface area contributed by atoms with Crippen LogP contribution in [0.3, 0.4) is 0 Å². The molecule has 5 atom stereocenters. The molecule has 0 heterocycles. The standard InChI is InChI=1S/C103H174O16P2/c1-4-7-10-13-16-19-22-25-28-31-34-37-40-43-44-45-46-47-48-49-50-51-52-55-57-59-62-65-68-71-74-77-80-83-86-89-101(106)113-92-98(104)93-115-120(109,110)116-94-99(105)95-117-121(111,112)118-97-100(119-103(108)91-88-85-82-79-76-73-70-67-64-61-58-54-42-39-36-33-30-27-24-21-18-15-12-9-6-3)96-114-102(107)90-87-84-81-78-75-72-69-66-63-60-56-53-41-38-35-32-29-26-23-20-17-14-11-8-5-2/h8-9,11-12,16-21,25-30,34-39,43-44,53-54,56,58,63,66,98-100,104-105H,4-7,10,13-15,22-24,31-33,40-42,45-52,55,57,59-62,64-65,67-97H2,1-3H3,(H,109,110)(H,111,112)/b11-8-,12-9-,19-16-,20-17-,21-18-,28-25-,29-26-,30-27-,37-34-,38-35-,39-36-,44-43-,56-53-,58-54-,66-63-. The van der Waals surface area contributed by atoms with E-state index in [0.29, 0.717) is 19.3 Å². The fraction of sp³-hybridized carbons (Fsp3) is 0.680. The summed E-state index contributed by atoms with van der Waals surface area (Å²) >= 11 is 0. The van der Waals surface area contributed by atoms with Gasteiger partial charge in [0.1, 0.15) is 25.4 Å². The van der Waals surface area contributed by atoms with E-state index in [2.05, 4.69) is 203 Å². The number of esters is 3. The highest BCUT2D eigenvalue weighted by Crippen LogP contribution is 2.45. The number of allylic oxidation sites excluding steroid dienone is 30. The minimum absolute atomic E-state index is 0.0872. The maximum atomic E-state index is 13.1. The molecule has 0 spiro atoms. The van der Waals surface area contributed by atoms with E-state index in [9.17, 15) is 43.5 Å². The molecule has 692 valence electrons. The molecule has 16 nitrogen and oxygen atoms in total. The van der Waals surface area contributed by atoms with Crippen LogP contribution in [0, 0.1) is 0 Å². The van der Waals surface area contributed by atoms with Crippen molar-refractivity contribution in [3.05, 3.63) is 182 Å². The van der Waals surface area contributed by atoms with Crippen LogP contribution in [0.15, 0.2) is 182 Å². The lowest BCUT2D eigenvalue weighted by atomic mass is 10.0. The fourth-order valence-corrected chi connectivity index (χ4v) is 14.5. The first-order chi connectivity index (χ1) is 59.2. The molecule has 0 fully saturated rings. The van der Waals surface area contributed by atoms with Gasteiger partial charge in [-0.1, -0.05) is 396 Å². The van der Waals surface area contributed by atoms with Gasteiger partial charge < -0.3 is 34.2 Å². The monoisotopic (exact) mass is 1730 g/mol. The predicted molar refractivity (Wildman–Crippen MR) is 509 cm³/mol. The first-order valence-corrected chi connectivity index (χ1v) is 51.1. The van der Waals surface area contributed by atoms with E-state index in [1.807, 2.05) is 0 Å². The Bertz CT molecular complexity index is 2930. The van der Waals surface area contributed by atoms with Crippen molar-refractivity contribution in [1.29, 1.82) is 0 Å². The van der Waals surface area contributed by atoms with E-state index >= 15 is 0 Å². The third-order valence-electron chi connectivity index (χ3n) is 20.1. The van der Waals surface area contributed by atoms with Crippen LogP contribution in [0.5, 0.6) is 0 Å². The molecular weight excluding hydrogens is 1560 g/mol. The third kappa shape index (κ3) is 95.2. The zero-order valence-electron chi connectivity index (χ0n) is 76.4. The Morgan fingerprint density at radius 1 is 0.240 bits per heavy atom. The zero-order valence-corrected chi connectivity index (χ0v) is 78.2. The normalized spacial score (nSPS) is 14.5. The van der Waals surface area contributed by atoms with Crippen LogP contribution in [-0.4, -0.2) is 95.9 Å². The highest BCUT2D eigenvalue weighted by Gasteiger charge is 2.30. The maximum absolute atomic E-state index is 13.1. The van der Waals surface area contributed by atoms with Gasteiger partial charge in [0.2, 0.25) is 0 Å². The summed E-state index contributed by atoms with van der Waals surface area (Å²) in [6.45, 7) is 2.45. The highest BCUT2D eigenvalue weighted by molar-refractivity contribution is 7.47. The van der Waals surface area contributed by atoms with E-state index < -0.39 is 91.5 Å². The molecular formula is C103H174O16P2. The average molecular weight is 1730 g/mol. The van der Waals surface area contributed by atoms with Crippen molar-refractivity contribution in [3.63, 3.8) is 0 Å². The van der Waals surface area contributed by atoms with Gasteiger partial charge in [-0.25, -0.2) is 9.13 Å². The SMILES string of the molecule is CC/C=C\C/C=C\C/C=C\C/C=C\C/C=C\C/C=C\CCCCCCCCC(=O)OCC(COP(=O)(O)OCC(O)COP(=O)(O)OCC(O)COC(=O)CCCCCCCCCCCCCCCCCCCCC/C=C\C/C=C\C/C=C\C/C=C\CCCCC)OC(=O)CCCCCCCCCCC/C=C\C/C=C\C/C=C\C/C=C\C/C=C\CC. The van der Waals surface area contributed by atoms with Gasteiger partial charge in [0, 0.05) is 19.3 Å². The fourth-order valence-electron chi connectivity index (χ4n) is 12.9. The first-order valence-electron chi connectivity index (χ1n) is 48.1. The third-order valence-corrected chi connectivity index (χ3v) is 22.0. The summed E-state index contributed by atoms with van der Waals surface area (Å²) in [6.07, 6.45) is 124. The lowest BCUT2D eigenvalue weighted by Crippen LogP contribution is -2.30. The summed E-state index contributed by atoms with van der Waals surface area (Å²) in [4.78, 5) is 59.1. The van der Waals surface area contributed by atoms with Crippen molar-refractivity contribution in [3.8, 4) is 0 Å². The second-order valence-electron chi connectivity index (χ2n) is 31.8. The van der Waals surface area contributed by atoms with Crippen molar-refractivity contribution in [2.75, 3.05) is 39.6 Å². The number of rotatable bonds is 90. The molecule has 0 aromatic heterocycles. The van der Waals surface area contributed by atoms with Crippen molar-refractivity contribution in [2.24, 2.45) is 0 Å². The Morgan fingerprint density at radius 2 is 0.438 bits per heavy atom. The quantitative estimate of drug-likeness (QED) is 0.0146. The molecule has 121 heavy (non-hydrogen) atoms. The minimum atomic E-state index is -4.95. The van der Waals surface area contributed by atoms with E-state index in [4.69, 9.17) is 32.3 Å². The van der Waals surface area contributed by atoms with Gasteiger partial charge in [-0.3, -0.25) is 32.5 Å². The Hall–Kier alpha value is -5.35. The molecule has 0 aliphatic carbocycles. The Balaban J connectivity index is 4.58. The Labute approximate surface area is 738 Å². The number of hydrogen-bond donors (Lipinski definition) is 4. The predicted octanol–water partition coefficient (Wildman–Crippen LogP) is 30.0. The van der Waals surface area contributed by atoms with Gasteiger partial charge in [-0.05, 0) is 161 Å². The molecule has 0 radical (unpaired) electrons. The number of phosphoric ester groups is 2. The molecule has 4 N–H and O–H groups in total. The van der Waals surface area contributed by atoms with Gasteiger partial charge in [0.05, 0.1) is 26.4 Å². The van der Waals surface area contributed by atoms with Crippen molar-refractivity contribution in [2.45, 2.75) is 411 Å². The molecule has 0 amide bonds. The first kappa shape index (κ1) is 116. The Kier molecular flexibility index (Phi) is 89.6. The van der Waals surface area contributed by atoms with Gasteiger partial charge in [-0.15, -0.1) is 0 Å². The largest absolute Gasteiger partial charge is 0.472 e. The zero-order chi connectivity index (χ0) is 87.9. The molecule has 5 unspecified atom stereocenters. The van der Waals surface area contributed by atoms with E-state index in [1.54, 1.807) is 0 Å². The number of aliphatic hydroxyl groups is 2. The molecule has 0 aliphatic heterocycles. The van der Waals surface area contributed by atoms with Gasteiger partial charge in [-0.2, -0.15) is 0 Å². The lowest BCUT2D eigenvalue weighted by molar-refractivity contribution is -0.161. The van der Waals surface area contributed by atoms with Crippen molar-refractivity contribution >= 4 is 33.6 Å². The minimum Gasteiger partial charge on any atom is -0.463 e. The molecule has 18 heteroatoms. The molecule has 0 saturated carbocycles. The summed E-state index contributed by atoms with van der Waals surface area (Å²) in [5.41, 5.74) is 0. The van der Waals surface area contributed by atoms with Gasteiger partial charge >= 0.3 is 33.6 Å². The van der Waals surface area contributed by atoms with E-state index in [1.165, 1.54) is 148 Å². The molecule has 0 rings (SSSR count). The van der Waals surface area contributed by atoms with Crippen molar-refractivity contribution in [1.82, 2.24) is 0 Å². The second-order valence-corrected chi connectivity index (χ2v) is 34.7. The number of phosphoric acid groups is 2. The summed E-state index contributed by atoms with van der Waals surface area (Å²) in [5.74, 6) is -1.59. The number of unbranched alkanes of at least 4 members (excludes halogenated alkanes) is 37. The molecule has 0 saturated heterocycles. The molecule has 0 aliphatic rings. The molecule has 0 bridgehead atoms. The maximum Gasteiger partial charge on any atom is 0.472 e. The van der Waals surface area contributed by atoms with Crippen LogP contribution < -0.4 is 0 Å². The van der Waals surface area contributed by atoms with Crippen LogP contribution in [0.2, 0.25) is 0 Å². The molecule has 0 aromatic carbocycles. The van der Waals surface area contributed by atoms with E-state index in [0.717, 1.165) is 186 Å². The molecule has 0 aromatic rings. The number of carbonyl (C=O) groups excluding carboxylic acids is 3. The van der Waals surface area contributed by atoms with Gasteiger partial charge in [0.25, 0.3) is 0 Å². The van der Waals surface area contributed by atoms with Crippen LogP contribution in [0.4, 0.5) is 0 Å². The Morgan fingerprint density at radius 3 is 0.694 bits per heavy atom. The number of aliphatic hydroxyl groups excluding tert-OH is 2. The van der Waals surface area contributed by atoms with Crippen LogP contribution in [-0.2, 0) is 55.8 Å². The average Bonchev–Trinajstić information content (AvgIpc) is 0.899.